The summed E-state index contributed by atoms with van der Waals surface area (Å²) >= 11 is 1.17. The number of aromatic nitrogens is 2. The summed E-state index contributed by atoms with van der Waals surface area (Å²) < 4.78 is 1.63. The number of carbonyl (C=O) groups is 2. The fourth-order valence-corrected chi connectivity index (χ4v) is 3.42. The molecule has 0 spiro atoms. The maximum Gasteiger partial charge on any atom is 0.321 e. The zero-order chi connectivity index (χ0) is 19.3. The Morgan fingerprint density at radius 3 is 2.58 bits per heavy atom. The number of hydrogen-bond donors (Lipinski definition) is 2. The molecule has 2 rings (SSSR count). The van der Waals surface area contributed by atoms with Gasteiger partial charge in [-0.1, -0.05) is 30.8 Å². The molecule has 26 heavy (non-hydrogen) atoms. The van der Waals surface area contributed by atoms with Crippen molar-refractivity contribution in [1.29, 1.82) is 0 Å². The number of thioether (sulfide) groups is 1. The number of nitrogens with zero attached hydrogens (tertiary/aromatic N) is 2. The number of urea groups is 1. The van der Waals surface area contributed by atoms with Gasteiger partial charge in [0.15, 0.2) is 5.16 Å². The van der Waals surface area contributed by atoms with Crippen LogP contribution in [0.25, 0.3) is 10.9 Å². The molecule has 0 aliphatic carbocycles. The number of hydrogen-bond acceptors (Lipinski definition) is 5. The smallest absolute Gasteiger partial charge is 0.321 e. The Kier molecular flexibility index (Phi) is 6.79. The molecule has 1 aromatic carbocycles. The Labute approximate surface area is 156 Å². The lowest BCUT2D eigenvalue weighted by atomic mass is 10.2. The van der Waals surface area contributed by atoms with E-state index in [9.17, 15) is 14.4 Å². The summed E-state index contributed by atoms with van der Waals surface area (Å²) in [7, 11) is 0. The van der Waals surface area contributed by atoms with E-state index in [4.69, 9.17) is 0 Å². The Morgan fingerprint density at radius 2 is 1.92 bits per heavy atom. The number of benzene rings is 1. The molecule has 7 nitrogen and oxygen atoms in total. The Hall–Kier alpha value is -2.35. The maximum absolute atomic E-state index is 12.9. The highest BCUT2D eigenvalue weighted by Gasteiger charge is 2.22. The predicted octanol–water partition coefficient (Wildman–Crippen LogP) is 2.69. The summed E-state index contributed by atoms with van der Waals surface area (Å²) in [5.74, 6) is -0.431. The molecule has 2 aromatic rings. The molecule has 0 saturated heterocycles. The summed E-state index contributed by atoms with van der Waals surface area (Å²) in [5.41, 5.74) is 0.472. The summed E-state index contributed by atoms with van der Waals surface area (Å²) in [5, 5.41) is 5.25. The van der Waals surface area contributed by atoms with Gasteiger partial charge in [0, 0.05) is 12.6 Å². The predicted molar refractivity (Wildman–Crippen MR) is 104 cm³/mol. The second-order valence-electron chi connectivity index (χ2n) is 5.95. The van der Waals surface area contributed by atoms with Gasteiger partial charge in [0.05, 0.1) is 16.2 Å². The molecule has 8 heteroatoms. The highest BCUT2D eigenvalue weighted by Crippen LogP contribution is 2.25. The minimum absolute atomic E-state index is 0.0549. The molecule has 0 fully saturated rings. The highest BCUT2D eigenvalue weighted by atomic mass is 32.2. The fourth-order valence-electron chi connectivity index (χ4n) is 2.41. The molecule has 0 aliphatic rings. The molecule has 0 bridgehead atoms. The van der Waals surface area contributed by atoms with Crippen molar-refractivity contribution in [3.8, 4) is 0 Å². The van der Waals surface area contributed by atoms with Gasteiger partial charge in [-0.25, -0.2) is 9.78 Å². The molecule has 0 aliphatic heterocycles. The van der Waals surface area contributed by atoms with E-state index in [2.05, 4.69) is 15.6 Å². The van der Waals surface area contributed by atoms with Crippen LogP contribution in [-0.4, -0.2) is 33.3 Å². The van der Waals surface area contributed by atoms with Crippen LogP contribution in [0.5, 0.6) is 0 Å². The van der Waals surface area contributed by atoms with Crippen molar-refractivity contribution in [3.05, 3.63) is 34.6 Å². The monoisotopic (exact) mass is 376 g/mol. The normalized spacial score (nSPS) is 13.2. The first-order valence-corrected chi connectivity index (χ1v) is 9.53. The van der Waals surface area contributed by atoms with Crippen LogP contribution in [0.15, 0.2) is 34.2 Å². The third kappa shape index (κ3) is 4.43. The molecular weight excluding hydrogens is 352 g/mol. The molecule has 140 valence electrons. The molecular formula is C18H24N4O3S. The SMILES string of the molecule is CCNC(=O)NC(=O)[C@@H](C)Sc1nc2ccccc2c(=O)n1[C@H](C)CC. The van der Waals surface area contributed by atoms with Crippen LogP contribution in [0.2, 0.25) is 0 Å². The lowest BCUT2D eigenvalue weighted by Crippen LogP contribution is -2.42. The second-order valence-corrected chi connectivity index (χ2v) is 7.26. The lowest BCUT2D eigenvalue weighted by Gasteiger charge is -2.20. The van der Waals surface area contributed by atoms with E-state index >= 15 is 0 Å². The highest BCUT2D eigenvalue weighted by molar-refractivity contribution is 8.00. The van der Waals surface area contributed by atoms with Gasteiger partial charge in [-0.05, 0) is 39.3 Å². The van der Waals surface area contributed by atoms with Crippen LogP contribution in [0.3, 0.4) is 0 Å². The van der Waals surface area contributed by atoms with Gasteiger partial charge in [-0.2, -0.15) is 0 Å². The molecule has 1 heterocycles. The number of amides is 3. The molecule has 0 unspecified atom stereocenters. The van der Waals surface area contributed by atoms with Gasteiger partial charge < -0.3 is 5.32 Å². The van der Waals surface area contributed by atoms with E-state index in [-0.39, 0.29) is 11.6 Å². The fraction of sp³-hybridized carbons (Fsp3) is 0.444. The summed E-state index contributed by atoms with van der Waals surface area (Å²) in [6.07, 6.45) is 0.757. The van der Waals surface area contributed by atoms with E-state index in [0.717, 1.165) is 6.42 Å². The number of rotatable bonds is 6. The molecule has 0 radical (unpaired) electrons. The van der Waals surface area contributed by atoms with Crippen LogP contribution < -0.4 is 16.2 Å². The minimum Gasteiger partial charge on any atom is -0.338 e. The summed E-state index contributed by atoms with van der Waals surface area (Å²) in [6, 6.07) is 6.57. The van der Waals surface area contributed by atoms with Crippen molar-refractivity contribution in [2.45, 2.75) is 50.6 Å². The van der Waals surface area contributed by atoms with Crippen LogP contribution in [-0.2, 0) is 4.79 Å². The number of fused-ring (bicyclic) bond motifs is 1. The molecule has 2 atom stereocenters. The number of para-hydroxylation sites is 1. The standard InChI is InChI=1S/C18H24N4O3S/c1-5-11(3)22-16(24)13-9-7-8-10-14(13)20-18(22)26-12(4)15(23)21-17(25)19-6-2/h7-12H,5-6H2,1-4H3,(H2,19,21,23,25)/t11-,12-/m1/s1. The van der Waals surface area contributed by atoms with Crippen molar-refractivity contribution < 1.29 is 9.59 Å². The Balaban J connectivity index is 2.37. The van der Waals surface area contributed by atoms with Crippen molar-refractivity contribution in [1.82, 2.24) is 20.2 Å². The zero-order valence-electron chi connectivity index (χ0n) is 15.4. The Bertz CT molecular complexity index is 865. The largest absolute Gasteiger partial charge is 0.338 e. The zero-order valence-corrected chi connectivity index (χ0v) is 16.2. The maximum atomic E-state index is 12.9. The van der Waals surface area contributed by atoms with E-state index < -0.39 is 17.2 Å². The van der Waals surface area contributed by atoms with E-state index in [1.54, 1.807) is 30.5 Å². The van der Waals surface area contributed by atoms with Crippen LogP contribution in [0, 0.1) is 0 Å². The van der Waals surface area contributed by atoms with Gasteiger partial charge in [-0.15, -0.1) is 0 Å². The van der Waals surface area contributed by atoms with Gasteiger partial charge >= 0.3 is 6.03 Å². The second kappa shape index (κ2) is 8.84. The summed E-state index contributed by atoms with van der Waals surface area (Å²) in [6.45, 7) is 7.82. The number of carbonyl (C=O) groups excluding carboxylic acids is 2. The van der Waals surface area contributed by atoms with E-state index in [1.165, 1.54) is 11.8 Å². The van der Waals surface area contributed by atoms with Crippen molar-refractivity contribution in [2.24, 2.45) is 0 Å². The van der Waals surface area contributed by atoms with Gasteiger partial charge in [0.25, 0.3) is 5.56 Å². The number of nitrogens with one attached hydrogen (secondary N) is 2. The molecule has 2 N–H and O–H groups in total. The molecule has 1 aromatic heterocycles. The van der Waals surface area contributed by atoms with E-state index in [0.29, 0.717) is 22.6 Å². The average Bonchev–Trinajstić information content (AvgIpc) is 2.61. The third-order valence-corrected chi connectivity index (χ3v) is 5.10. The molecule has 3 amide bonds. The molecule has 0 saturated carbocycles. The minimum atomic E-state index is -0.582. The average molecular weight is 376 g/mol. The Morgan fingerprint density at radius 1 is 1.23 bits per heavy atom. The van der Waals surface area contributed by atoms with Crippen molar-refractivity contribution >= 4 is 34.6 Å². The van der Waals surface area contributed by atoms with Crippen molar-refractivity contribution in [2.75, 3.05) is 6.54 Å². The first-order valence-electron chi connectivity index (χ1n) is 8.65. The summed E-state index contributed by atoms with van der Waals surface area (Å²) in [4.78, 5) is 41.3. The van der Waals surface area contributed by atoms with Gasteiger partial charge in [0.2, 0.25) is 5.91 Å². The number of imide groups is 1. The first-order chi connectivity index (χ1) is 12.4. The lowest BCUT2D eigenvalue weighted by molar-refractivity contribution is -0.119. The quantitative estimate of drug-likeness (QED) is 0.597. The van der Waals surface area contributed by atoms with Crippen LogP contribution in [0.4, 0.5) is 4.79 Å². The van der Waals surface area contributed by atoms with Gasteiger partial charge in [-0.3, -0.25) is 19.5 Å². The van der Waals surface area contributed by atoms with Crippen LogP contribution in [0.1, 0.15) is 40.2 Å². The first kappa shape index (κ1) is 20.0. The third-order valence-electron chi connectivity index (χ3n) is 4.03. The van der Waals surface area contributed by atoms with E-state index in [1.807, 2.05) is 26.0 Å². The topological polar surface area (TPSA) is 93.1 Å². The van der Waals surface area contributed by atoms with Crippen LogP contribution >= 0.6 is 11.8 Å². The van der Waals surface area contributed by atoms with Crippen molar-refractivity contribution in [3.63, 3.8) is 0 Å². The van der Waals surface area contributed by atoms with Gasteiger partial charge in [0.1, 0.15) is 0 Å².